The van der Waals surface area contributed by atoms with Gasteiger partial charge in [-0.15, -0.1) is 10.2 Å². The van der Waals surface area contributed by atoms with E-state index in [1.54, 1.807) is 0 Å². The highest BCUT2D eigenvalue weighted by molar-refractivity contribution is 6.29. The Morgan fingerprint density at radius 3 is 2.63 bits per heavy atom. The average Bonchev–Trinajstić information content (AvgIpc) is 2.79. The molecule has 3 aromatic rings. The summed E-state index contributed by atoms with van der Waals surface area (Å²) in [5.74, 6) is -4.15. The van der Waals surface area contributed by atoms with Crippen LogP contribution in [0.4, 0.5) is 13.2 Å². The standard InChI is InChI=1S/C11H4ClF3N4/c12-7-3-8-17-18-11(19(8)4-16-7)5-1-2-6(13)10(15)9(5)14/h1-4H. The molecule has 0 N–H and O–H groups in total. The van der Waals surface area contributed by atoms with Gasteiger partial charge in [-0.05, 0) is 12.1 Å². The molecule has 0 spiro atoms. The summed E-state index contributed by atoms with van der Waals surface area (Å²) in [5, 5.41) is 7.67. The van der Waals surface area contributed by atoms with E-state index >= 15 is 0 Å². The summed E-state index contributed by atoms with van der Waals surface area (Å²) >= 11 is 5.68. The normalized spacial score (nSPS) is 11.2. The van der Waals surface area contributed by atoms with Crippen LogP contribution in [0.5, 0.6) is 0 Å². The van der Waals surface area contributed by atoms with E-state index in [4.69, 9.17) is 11.6 Å². The number of hydrogen-bond acceptors (Lipinski definition) is 3. The molecule has 4 nitrogen and oxygen atoms in total. The first-order valence-corrected chi connectivity index (χ1v) is 5.46. The fourth-order valence-electron chi connectivity index (χ4n) is 1.65. The number of hydrogen-bond donors (Lipinski definition) is 0. The van der Waals surface area contributed by atoms with Gasteiger partial charge in [0, 0.05) is 6.07 Å². The number of benzene rings is 1. The first-order valence-electron chi connectivity index (χ1n) is 5.08. The monoisotopic (exact) mass is 284 g/mol. The van der Waals surface area contributed by atoms with E-state index in [0.717, 1.165) is 12.1 Å². The minimum absolute atomic E-state index is 0.00978. The molecule has 0 saturated carbocycles. The van der Waals surface area contributed by atoms with Gasteiger partial charge in [0.25, 0.3) is 0 Å². The lowest BCUT2D eigenvalue weighted by Gasteiger charge is -2.03. The highest BCUT2D eigenvalue weighted by Crippen LogP contribution is 2.25. The van der Waals surface area contributed by atoms with Crippen LogP contribution in [0, 0.1) is 17.5 Å². The van der Waals surface area contributed by atoms with Crippen molar-refractivity contribution in [3.63, 3.8) is 0 Å². The summed E-state index contributed by atoms with van der Waals surface area (Å²) in [6.07, 6.45) is 1.27. The predicted octanol–water partition coefficient (Wildman–Crippen LogP) is 2.86. The molecule has 0 atom stereocenters. The Morgan fingerprint density at radius 1 is 1.05 bits per heavy atom. The molecule has 0 unspecified atom stereocenters. The maximum Gasteiger partial charge on any atom is 0.195 e. The molecule has 8 heteroatoms. The smallest absolute Gasteiger partial charge is 0.195 e. The van der Waals surface area contributed by atoms with E-state index in [1.165, 1.54) is 16.8 Å². The van der Waals surface area contributed by atoms with E-state index in [1.807, 2.05) is 0 Å². The van der Waals surface area contributed by atoms with E-state index < -0.39 is 17.5 Å². The van der Waals surface area contributed by atoms with Crippen molar-refractivity contribution in [2.75, 3.05) is 0 Å². The van der Waals surface area contributed by atoms with Gasteiger partial charge in [0.15, 0.2) is 28.9 Å². The molecule has 3 rings (SSSR count). The Balaban J connectivity index is 2.28. The summed E-state index contributed by atoms with van der Waals surface area (Å²) in [6.45, 7) is 0. The van der Waals surface area contributed by atoms with Crippen molar-refractivity contribution < 1.29 is 13.2 Å². The third-order valence-corrected chi connectivity index (χ3v) is 2.75. The van der Waals surface area contributed by atoms with Gasteiger partial charge in [0.05, 0.1) is 5.56 Å². The second-order valence-electron chi connectivity index (χ2n) is 3.69. The Hall–Kier alpha value is -2.15. The van der Waals surface area contributed by atoms with E-state index in [-0.39, 0.29) is 16.5 Å². The van der Waals surface area contributed by atoms with E-state index in [0.29, 0.717) is 5.65 Å². The lowest BCUT2D eigenvalue weighted by atomic mass is 10.2. The van der Waals surface area contributed by atoms with Crippen LogP contribution in [0.2, 0.25) is 5.15 Å². The minimum atomic E-state index is -1.56. The summed E-state index contributed by atoms with van der Waals surface area (Å²) < 4.78 is 41.1. The summed E-state index contributed by atoms with van der Waals surface area (Å²) in [5.41, 5.74) is 0.106. The van der Waals surface area contributed by atoms with Crippen molar-refractivity contribution in [3.05, 3.63) is 47.1 Å². The summed E-state index contributed by atoms with van der Waals surface area (Å²) in [4.78, 5) is 3.79. The van der Waals surface area contributed by atoms with Crippen LogP contribution in [0.15, 0.2) is 24.5 Å². The molecule has 0 aliphatic rings. The van der Waals surface area contributed by atoms with Crippen molar-refractivity contribution >= 4 is 17.2 Å². The second-order valence-corrected chi connectivity index (χ2v) is 4.07. The molecule has 1 aromatic carbocycles. The summed E-state index contributed by atoms with van der Waals surface area (Å²) in [7, 11) is 0. The third kappa shape index (κ3) is 1.82. The van der Waals surface area contributed by atoms with Gasteiger partial charge in [-0.1, -0.05) is 11.6 Å². The van der Waals surface area contributed by atoms with Crippen molar-refractivity contribution in [1.29, 1.82) is 0 Å². The number of aromatic nitrogens is 4. The topological polar surface area (TPSA) is 43.1 Å². The molecule has 0 aliphatic carbocycles. The number of rotatable bonds is 1. The predicted molar refractivity (Wildman–Crippen MR) is 61.1 cm³/mol. The van der Waals surface area contributed by atoms with Gasteiger partial charge < -0.3 is 0 Å². The van der Waals surface area contributed by atoms with Crippen molar-refractivity contribution in [3.8, 4) is 11.4 Å². The first-order chi connectivity index (χ1) is 9.08. The van der Waals surface area contributed by atoms with Crippen LogP contribution in [-0.2, 0) is 0 Å². The largest absolute Gasteiger partial charge is 0.265 e. The van der Waals surface area contributed by atoms with E-state index in [9.17, 15) is 13.2 Å². The average molecular weight is 285 g/mol. The number of nitrogens with zero attached hydrogens (tertiary/aromatic N) is 4. The number of halogens is 4. The maximum absolute atomic E-state index is 13.7. The van der Waals surface area contributed by atoms with Crippen molar-refractivity contribution in [2.24, 2.45) is 0 Å². The Labute approximate surface area is 109 Å². The highest BCUT2D eigenvalue weighted by Gasteiger charge is 2.18. The minimum Gasteiger partial charge on any atom is -0.265 e. The molecule has 19 heavy (non-hydrogen) atoms. The van der Waals surface area contributed by atoms with Crippen LogP contribution >= 0.6 is 11.6 Å². The Kier molecular flexibility index (Phi) is 2.63. The zero-order chi connectivity index (χ0) is 13.6. The second kappa shape index (κ2) is 4.20. The molecule has 0 bridgehead atoms. The number of fused-ring (bicyclic) bond motifs is 1. The van der Waals surface area contributed by atoms with Crippen molar-refractivity contribution in [1.82, 2.24) is 19.6 Å². The molecule has 0 saturated heterocycles. The molecular weight excluding hydrogens is 281 g/mol. The first kappa shape index (κ1) is 11.9. The Bertz CT molecular complexity index is 787. The van der Waals surface area contributed by atoms with E-state index in [2.05, 4.69) is 15.2 Å². The lowest BCUT2D eigenvalue weighted by molar-refractivity contribution is 0.448. The van der Waals surface area contributed by atoms with Gasteiger partial charge in [-0.25, -0.2) is 18.2 Å². The Morgan fingerprint density at radius 2 is 1.84 bits per heavy atom. The molecule has 2 heterocycles. The van der Waals surface area contributed by atoms with Gasteiger partial charge in [-0.2, -0.15) is 0 Å². The molecular formula is C11H4ClF3N4. The van der Waals surface area contributed by atoms with Crippen molar-refractivity contribution in [2.45, 2.75) is 0 Å². The molecule has 0 fully saturated rings. The molecule has 0 amide bonds. The van der Waals surface area contributed by atoms with Gasteiger partial charge in [0.2, 0.25) is 0 Å². The molecule has 2 aromatic heterocycles. The van der Waals surface area contributed by atoms with Crippen LogP contribution in [0.3, 0.4) is 0 Å². The van der Waals surface area contributed by atoms with Crippen LogP contribution in [-0.4, -0.2) is 19.6 Å². The highest BCUT2D eigenvalue weighted by atomic mass is 35.5. The third-order valence-electron chi connectivity index (χ3n) is 2.54. The van der Waals surface area contributed by atoms with Crippen LogP contribution < -0.4 is 0 Å². The maximum atomic E-state index is 13.7. The van der Waals surface area contributed by atoms with Gasteiger partial charge in [0.1, 0.15) is 11.5 Å². The fraction of sp³-hybridized carbons (Fsp3) is 0. The molecule has 0 aliphatic heterocycles. The fourth-order valence-corrected chi connectivity index (χ4v) is 1.80. The summed E-state index contributed by atoms with van der Waals surface area (Å²) in [6, 6.07) is 3.31. The zero-order valence-electron chi connectivity index (χ0n) is 9.11. The molecule has 0 radical (unpaired) electrons. The molecule has 96 valence electrons. The quantitative estimate of drug-likeness (QED) is 0.510. The SMILES string of the molecule is Fc1ccc(-c2nnc3cc(Cl)ncn23)c(F)c1F. The van der Waals surface area contributed by atoms with Gasteiger partial charge in [-0.3, -0.25) is 4.40 Å². The van der Waals surface area contributed by atoms with Crippen LogP contribution in [0.25, 0.3) is 17.0 Å². The van der Waals surface area contributed by atoms with Crippen LogP contribution in [0.1, 0.15) is 0 Å². The van der Waals surface area contributed by atoms with Gasteiger partial charge >= 0.3 is 0 Å². The lowest BCUT2D eigenvalue weighted by Crippen LogP contribution is -1.98. The zero-order valence-corrected chi connectivity index (χ0v) is 9.87.